The Morgan fingerprint density at radius 2 is 1.63 bits per heavy atom. The molecule has 0 spiro atoms. The molecule has 0 bridgehead atoms. The van der Waals surface area contributed by atoms with E-state index in [9.17, 15) is 0 Å². The van der Waals surface area contributed by atoms with Crippen molar-refractivity contribution in [1.82, 2.24) is 0 Å². The zero-order valence-corrected chi connectivity index (χ0v) is 13.2. The van der Waals surface area contributed by atoms with Crippen LogP contribution in [0.4, 0.5) is 0 Å². The Hall–Kier alpha value is -1.02. The highest BCUT2D eigenvalue weighted by molar-refractivity contribution is 5.27. The highest BCUT2D eigenvalue weighted by atomic mass is 16.7. The minimum absolute atomic E-state index is 0.169. The molecule has 108 valence electrons. The molecule has 0 aliphatic carbocycles. The van der Waals surface area contributed by atoms with Crippen molar-refractivity contribution in [2.75, 3.05) is 0 Å². The number of ether oxygens (including phenoxy) is 2. The van der Waals surface area contributed by atoms with E-state index in [1.54, 1.807) is 0 Å². The zero-order valence-electron chi connectivity index (χ0n) is 13.2. The lowest BCUT2D eigenvalue weighted by atomic mass is 9.92. The van der Waals surface area contributed by atoms with Crippen molar-refractivity contribution < 1.29 is 9.47 Å². The second-order valence-corrected chi connectivity index (χ2v) is 6.49. The van der Waals surface area contributed by atoms with Gasteiger partial charge in [0.05, 0.1) is 6.10 Å². The van der Waals surface area contributed by atoms with E-state index in [4.69, 9.17) is 9.47 Å². The van der Waals surface area contributed by atoms with Gasteiger partial charge in [0.25, 0.3) is 0 Å². The standard InChI is InChI=1S/C17H28O2/c1-7-14-8-10-15(11-9-14)19-16(18-13(2)3)12-17(4,5)6/h8-11,13,16H,7,12H2,1-6H3. The molecule has 0 radical (unpaired) electrons. The molecule has 0 N–H and O–H groups in total. The van der Waals surface area contributed by atoms with Crippen molar-refractivity contribution in [3.63, 3.8) is 0 Å². The van der Waals surface area contributed by atoms with Gasteiger partial charge in [0.2, 0.25) is 6.29 Å². The Balaban J connectivity index is 2.69. The molecule has 1 aromatic carbocycles. The third-order valence-corrected chi connectivity index (χ3v) is 2.80. The second-order valence-electron chi connectivity index (χ2n) is 6.49. The topological polar surface area (TPSA) is 18.5 Å². The van der Waals surface area contributed by atoms with Crippen LogP contribution in [0.25, 0.3) is 0 Å². The van der Waals surface area contributed by atoms with Crippen molar-refractivity contribution >= 4 is 0 Å². The summed E-state index contributed by atoms with van der Waals surface area (Å²) in [6.45, 7) is 12.8. The van der Waals surface area contributed by atoms with Crippen LogP contribution in [0.2, 0.25) is 0 Å². The summed E-state index contributed by atoms with van der Waals surface area (Å²) in [5.74, 6) is 0.882. The van der Waals surface area contributed by atoms with Gasteiger partial charge in [-0.25, -0.2) is 0 Å². The van der Waals surface area contributed by atoms with Crippen molar-refractivity contribution in [1.29, 1.82) is 0 Å². The maximum Gasteiger partial charge on any atom is 0.200 e. The fraction of sp³-hybridized carbons (Fsp3) is 0.647. The summed E-state index contributed by atoms with van der Waals surface area (Å²) in [7, 11) is 0. The number of hydrogen-bond acceptors (Lipinski definition) is 2. The van der Waals surface area contributed by atoms with Gasteiger partial charge in [-0.1, -0.05) is 39.8 Å². The molecular formula is C17H28O2. The lowest BCUT2D eigenvalue weighted by Crippen LogP contribution is -2.29. The Morgan fingerprint density at radius 3 is 2.05 bits per heavy atom. The number of hydrogen-bond donors (Lipinski definition) is 0. The molecule has 0 fully saturated rings. The van der Waals surface area contributed by atoms with E-state index in [1.165, 1.54) is 5.56 Å². The molecule has 0 amide bonds. The monoisotopic (exact) mass is 264 g/mol. The van der Waals surface area contributed by atoms with Crippen LogP contribution in [0.5, 0.6) is 5.75 Å². The summed E-state index contributed by atoms with van der Waals surface area (Å²) >= 11 is 0. The Kier molecular flexibility index (Phi) is 5.86. The van der Waals surface area contributed by atoms with E-state index in [2.05, 4.69) is 39.8 Å². The van der Waals surface area contributed by atoms with Crippen LogP contribution >= 0.6 is 0 Å². The van der Waals surface area contributed by atoms with Gasteiger partial charge in [-0.15, -0.1) is 0 Å². The minimum Gasteiger partial charge on any atom is -0.465 e. The molecule has 2 nitrogen and oxygen atoms in total. The molecule has 0 saturated heterocycles. The summed E-state index contributed by atoms with van der Waals surface area (Å²) in [6.07, 6.45) is 1.91. The van der Waals surface area contributed by atoms with Gasteiger partial charge >= 0.3 is 0 Å². The van der Waals surface area contributed by atoms with Gasteiger partial charge in [0.1, 0.15) is 5.75 Å². The largest absolute Gasteiger partial charge is 0.465 e. The minimum atomic E-state index is -0.188. The lowest BCUT2D eigenvalue weighted by molar-refractivity contribution is -0.124. The molecule has 0 aliphatic rings. The van der Waals surface area contributed by atoms with Gasteiger partial charge in [-0.3, -0.25) is 0 Å². The maximum atomic E-state index is 5.98. The Labute approximate surface area is 118 Å². The van der Waals surface area contributed by atoms with Gasteiger partial charge in [-0.2, -0.15) is 0 Å². The molecule has 0 aromatic heterocycles. The van der Waals surface area contributed by atoms with Crippen molar-refractivity contribution in [3.8, 4) is 5.75 Å². The molecule has 1 rings (SSSR count). The molecule has 1 unspecified atom stereocenters. The molecule has 1 atom stereocenters. The van der Waals surface area contributed by atoms with Gasteiger partial charge in [0.15, 0.2) is 0 Å². The number of aryl methyl sites for hydroxylation is 1. The Morgan fingerprint density at radius 1 is 1.05 bits per heavy atom. The molecule has 19 heavy (non-hydrogen) atoms. The summed E-state index contributed by atoms with van der Waals surface area (Å²) in [4.78, 5) is 0. The SMILES string of the molecule is CCc1ccc(OC(CC(C)(C)C)OC(C)C)cc1. The summed E-state index contributed by atoms with van der Waals surface area (Å²) in [6, 6.07) is 8.27. The normalized spacial score (nSPS) is 13.6. The first-order chi connectivity index (χ1) is 8.80. The first kappa shape index (κ1) is 16.0. The smallest absolute Gasteiger partial charge is 0.200 e. The van der Waals surface area contributed by atoms with Crippen LogP contribution in [0.3, 0.4) is 0 Å². The summed E-state index contributed by atoms with van der Waals surface area (Å²) in [5.41, 5.74) is 1.51. The fourth-order valence-corrected chi connectivity index (χ4v) is 1.88. The zero-order chi connectivity index (χ0) is 14.5. The third-order valence-electron chi connectivity index (χ3n) is 2.80. The predicted molar refractivity (Wildman–Crippen MR) is 80.5 cm³/mol. The van der Waals surface area contributed by atoms with Crippen LogP contribution < -0.4 is 4.74 Å². The fourth-order valence-electron chi connectivity index (χ4n) is 1.88. The highest BCUT2D eigenvalue weighted by Crippen LogP contribution is 2.25. The van der Waals surface area contributed by atoms with Crippen molar-refractivity contribution in [2.45, 2.75) is 66.8 Å². The van der Waals surface area contributed by atoms with E-state index in [1.807, 2.05) is 26.0 Å². The third kappa shape index (κ3) is 6.63. The number of rotatable bonds is 6. The van der Waals surface area contributed by atoms with Crippen molar-refractivity contribution in [3.05, 3.63) is 29.8 Å². The van der Waals surface area contributed by atoms with E-state index in [0.29, 0.717) is 0 Å². The van der Waals surface area contributed by atoms with E-state index in [-0.39, 0.29) is 17.8 Å². The summed E-state index contributed by atoms with van der Waals surface area (Å²) in [5, 5.41) is 0. The predicted octanol–water partition coefficient (Wildman–Crippen LogP) is 4.82. The average Bonchev–Trinajstić information content (AvgIpc) is 2.26. The van der Waals surface area contributed by atoms with Gasteiger partial charge < -0.3 is 9.47 Å². The first-order valence-corrected chi connectivity index (χ1v) is 7.21. The van der Waals surface area contributed by atoms with Crippen LogP contribution in [-0.2, 0) is 11.2 Å². The molecule has 0 heterocycles. The van der Waals surface area contributed by atoms with Crippen molar-refractivity contribution in [2.24, 2.45) is 5.41 Å². The van der Waals surface area contributed by atoms with Crippen LogP contribution in [0.1, 0.15) is 53.5 Å². The van der Waals surface area contributed by atoms with Crippen LogP contribution in [0.15, 0.2) is 24.3 Å². The Bertz CT molecular complexity index is 360. The first-order valence-electron chi connectivity index (χ1n) is 7.21. The van der Waals surface area contributed by atoms with Gasteiger partial charge in [-0.05, 0) is 43.4 Å². The van der Waals surface area contributed by atoms with Crippen LogP contribution in [0, 0.1) is 5.41 Å². The van der Waals surface area contributed by atoms with E-state index in [0.717, 1.165) is 18.6 Å². The van der Waals surface area contributed by atoms with Crippen LogP contribution in [-0.4, -0.2) is 12.4 Å². The summed E-state index contributed by atoms with van der Waals surface area (Å²) < 4.78 is 11.8. The van der Waals surface area contributed by atoms with E-state index >= 15 is 0 Å². The maximum absolute atomic E-state index is 5.98. The molecule has 0 saturated carbocycles. The molecule has 0 aliphatic heterocycles. The molecular weight excluding hydrogens is 236 g/mol. The average molecular weight is 264 g/mol. The van der Waals surface area contributed by atoms with Gasteiger partial charge in [0, 0.05) is 6.42 Å². The lowest BCUT2D eigenvalue weighted by Gasteiger charge is -2.28. The molecule has 1 aromatic rings. The second kappa shape index (κ2) is 6.95. The number of benzene rings is 1. The molecule has 2 heteroatoms. The highest BCUT2D eigenvalue weighted by Gasteiger charge is 2.21. The van der Waals surface area contributed by atoms with E-state index < -0.39 is 0 Å². The quantitative estimate of drug-likeness (QED) is 0.686.